The quantitative estimate of drug-likeness (QED) is 0.484. The van der Waals surface area contributed by atoms with Gasteiger partial charge in [0.2, 0.25) is 11.8 Å². The van der Waals surface area contributed by atoms with E-state index in [9.17, 15) is 9.59 Å². The largest absolute Gasteiger partial charge is 0.355 e. The van der Waals surface area contributed by atoms with Gasteiger partial charge >= 0.3 is 0 Å². The number of carbonyl (C=O) groups excluding carboxylic acids is 2. The van der Waals surface area contributed by atoms with E-state index in [1.54, 1.807) is 0 Å². The lowest BCUT2D eigenvalue weighted by molar-refractivity contribution is -0.121. The minimum absolute atomic E-state index is 0.0623. The topological polar surface area (TPSA) is 70.2 Å². The minimum Gasteiger partial charge on any atom is -0.355 e. The molecule has 3 N–H and O–H groups in total. The molecule has 0 aromatic heterocycles. The van der Waals surface area contributed by atoms with Crippen molar-refractivity contribution in [1.82, 2.24) is 16.0 Å². The van der Waals surface area contributed by atoms with E-state index < -0.39 is 0 Å². The van der Waals surface area contributed by atoms with E-state index in [1.807, 2.05) is 6.92 Å². The maximum Gasteiger partial charge on any atom is 0.233 e. The summed E-state index contributed by atoms with van der Waals surface area (Å²) in [5, 5.41) is 8.17. The molecule has 5 heteroatoms. The molecule has 0 fully saturated rings. The molecule has 0 saturated carbocycles. The number of amides is 2. The Morgan fingerprint density at radius 3 is 2.13 bits per heavy atom. The van der Waals surface area contributed by atoms with Crippen molar-refractivity contribution in [3.8, 4) is 0 Å². The lowest BCUT2D eigenvalue weighted by Crippen LogP contribution is -2.39. The van der Waals surface area contributed by atoms with Crippen LogP contribution in [0.5, 0.6) is 0 Å². The van der Waals surface area contributed by atoms with Crippen molar-refractivity contribution in [2.45, 2.75) is 26.7 Å². The van der Waals surface area contributed by atoms with Crippen LogP contribution in [-0.4, -0.2) is 38.0 Å². The number of hydrogen-bond acceptors (Lipinski definition) is 3. The van der Waals surface area contributed by atoms with Gasteiger partial charge in [-0.15, -0.1) is 0 Å². The van der Waals surface area contributed by atoms with E-state index in [4.69, 9.17) is 0 Å². The van der Waals surface area contributed by atoms with Gasteiger partial charge in [-0.25, -0.2) is 0 Å². The van der Waals surface area contributed by atoms with Crippen LogP contribution in [0.15, 0.2) is 0 Å². The van der Waals surface area contributed by atoms with Crippen LogP contribution in [0.4, 0.5) is 0 Å². The number of nitrogens with one attached hydrogen (secondary N) is 3. The molecule has 0 aliphatic heterocycles. The predicted octanol–water partition coefficient (Wildman–Crippen LogP) is -0.372. The highest BCUT2D eigenvalue weighted by atomic mass is 16.2. The van der Waals surface area contributed by atoms with E-state index in [-0.39, 0.29) is 24.9 Å². The molecule has 0 unspecified atom stereocenters. The fourth-order valence-electron chi connectivity index (χ4n) is 1.02. The predicted molar refractivity (Wildman–Crippen MR) is 59.5 cm³/mol. The fourth-order valence-corrected chi connectivity index (χ4v) is 1.02. The molecule has 0 radical (unpaired) electrons. The van der Waals surface area contributed by atoms with Gasteiger partial charge in [-0.1, -0.05) is 13.3 Å². The molecule has 0 rings (SSSR count). The van der Waals surface area contributed by atoms with E-state index in [2.05, 4.69) is 22.9 Å². The Hall–Kier alpha value is -1.10. The molecule has 0 saturated heterocycles. The summed E-state index contributed by atoms with van der Waals surface area (Å²) in [6.45, 7) is 5.63. The van der Waals surface area contributed by atoms with Crippen molar-refractivity contribution in [3.63, 3.8) is 0 Å². The van der Waals surface area contributed by atoms with E-state index in [0.29, 0.717) is 13.1 Å². The molecule has 0 aromatic carbocycles. The standard InChI is InChI=1S/C10H21N3O2/c1-3-5-6-13-10(15)8-11-7-9(14)12-4-2/h11H,3-8H2,1-2H3,(H,12,14)(H,13,15). The Labute approximate surface area is 91.0 Å². The number of hydrogen-bond donors (Lipinski definition) is 3. The van der Waals surface area contributed by atoms with Gasteiger partial charge in [-0.05, 0) is 13.3 Å². The molecule has 0 aliphatic rings. The average molecular weight is 215 g/mol. The Morgan fingerprint density at radius 1 is 1.00 bits per heavy atom. The minimum atomic E-state index is -0.0844. The van der Waals surface area contributed by atoms with Gasteiger partial charge in [-0.3, -0.25) is 14.9 Å². The summed E-state index contributed by atoms with van der Waals surface area (Å²) < 4.78 is 0. The first kappa shape index (κ1) is 13.9. The van der Waals surface area contributed by atoms with Crippen LogP contribution in [0.1, 0.15) is 26.7 Å². The third kappa shape index (κ3) is 9.21. The summed E-state index contributed by atoms with van der Waals surface area (Å²) in [5.41, 5.74) is 0. The fraction of sp³-hybridized carbons (Fsp3) is 0.800. The maximum atomic E-state index is 11.2. The van der Waals surface area contributed by atoms with E-state index in [0.717, 1.165) is 12.8 Å². The summed E-state index contributed by atoms with van der Waals surface area (Å²) in [6.07, 6.45) is 2.05. The lowest BCUT2D eigenvalue weighted by atomic mass is 10.3. The molecule has 0 heterocycles. The van der Waals surface area contributed by atoms with Crippen LogP contribution < -0.4 is 16.0 Å². The first-order valence-electron chi connectivity index (χ1n) is 5.44. The van der Waals surface area contributed by atoms with Gasteiger partial charge in [0.25, 0.3) is 0 Å². The van der Waals surface area contributed by atoms with Crippen molar-refractivity contribution in [2.24, 2.45) is 0 Å². The summed E-state index contributed by atoms with van der Waals surface area (Å²) >= 11 is 0. The molecule has 0 aliphatic carbocycles. The third-order valence-corrected chi connectivity index (χ3v) is 1.80. The second kappa shape index (κ2) is 9.45. The van der Waals surface area contributed by atoms with Crippen molar-refractivity contribution < 1.29 is 9.59 Å². The first-order chi connectivity index (χ1) is 7.20. The van der Waals surface area contributed by atoms with Gasteiger partial charge in [0.1, 0.15) is 0 Å². The Kier molecular flexibility index (Phi) is 8.76. The maximum absolute atomic E-state index is 11.2. The van der Waals surface area contributed by atoms with Crippen LogP contribution in [0.25, 0.3) is 0 Å². The Morgan fingerprint density at radius 2 is 1.60 bits per heavy atom. The number of unbranched alkanes of at least 4 members (excludes halogenated alkanes) is 1. The smallest absolute Gasteiger partial charge is 0.233 e. The second-order valence-electron chi connectivity index (χ2n) is 3.26. The zero-order valence-electron chi connectivity index (χ0n) is 9.56. The molecule has 0 atom stereocenters. The van der Waals surface area contributed by atoms with Crippen LogP contribution in [0, 0.1) is 0 Å². The Bertz CT molecular complexity index is 195. The molecule has 0 aromatic rings. The molecule has 2 amide bonds. The van der Waals surface area contributed by atoms with Crippen molar-refractivity contribution in [3.05, 3.63) is 0 Å². The van der Waals surface area contributed by atoms with Crippen LogP contribution in [0.3, 0.4) is 0 Å². The molecule has 88 valence electrons. The van der Waals surface area contributed by atoms with Gasteiger partial charge in [0.05, 0.1) is 13.1 Å². The third-order valence-electron chi connectivity index (χ3n) is 1.80. The SMILES string of the molecule is CCCCNC(=O)CNCC(=O)NCC. The normalized spacial score (nSPS) is 9.73. The highest BCUT2D eigenvalue weighted by molar-refractivity contribution is 5.80. The van der Waals surface area contributed by atoms with Gasteiger partial charge in [0, 0.05) is 13.1 Å². The number of rotatable bonds is 8. The van der Waals surface area contributed by atoms with Crippen LogP contribution in [-0.2, 0) is 9.59 Å². The highest BCUT2D eigenvalue weighted by Crippen LogP contribution is 1.81. The Balaban J connectivity index is 3.34. The zero-order valence-corrected chi connectivity index (χ0v) is 9.56. The summed E-state index contributed by atoms with van der Waals surface area (Å²) in [7, 11) is 0. The molecule has 0 bridgehead atoms. The number of carbonyl (C=O) groups is 2. The van der Waals surface area contributed by atoms with E-state index >= 15 is 0 Å². The lowest BCUT2D eigenvalue weighted by Gasteiger charge is -2.05. The summed E-state index contributed by atoms with van der Waals surface area (Å²) in [5.74, 6) is -0.147. The summed E-state index contributed by atoms with van der Waals surface area (Å²) in [6, 6.07) is 0. The van der Waals surface area contributed by atoms with Gasteiger partial charge < -0.3 is 10.6 Å². The van der Waals surface area contributed by atoms with Gasteiger partial charge in [-0.2, -0.15) is 0 Å². The summed E-state index contributed by atoms with van der Waals surface area (Å²) in [4.78, 5) is 22.1. The highest BCUT2D eigenvalue weighted by Gasteiger charge is 2.01. The number of likely N-dealkylation sites (N-methyl/N-ethyl adjacent to an activating group) is 1. The van der Waals surface area contributed by atoms with E-state index in [1.165, 1.54) is 0 Å². The average Bonchev–Trinajstić information content (AvgIpc) is 2.18. The second-order valence-corrected chi connectivity index (χ2v) is 3.26. The van der Waals surface area contributed by atoms with Crippen molar-refractivity contribution in [2.75, 3.05) is 26.2 Å². The monoisotopic (exact) mass is 215 g/mol. The molecular formula is C10H21N3O2. The van der Waals surface area contributed by atoms with Crippen LogP contribution in [0.2, 0.25) is 0 Å². The van der Waals surface area contributed by atoms with Crippen molar-refractivity contribution in [1.29, 1.82) is 0 Å². The molecule has 15 heavy (non-hydrogen) atoms. The molecule has 5 nitrogen and oxygen atoms in total. The van der Waals surface area contributed by atoms with Crippen LogP contribution >= 0.6 is 0 Å². The molecular weight excluding hydrogens is 194 g/mol. The van der Waals surface area contributed by atoms with Gasteiger partial charge in [0.15, 0.2) is 0 Å². The first-order valence-corrected chi connectivity index (χ1v) is 5.44. The van der Waals surface area contributed by atoms with Crippen molar-refractivity contribution >= 4 is 11.8 Å². The molecule has 0 spiro atoms. The zero-order chi connectivity index (χ0) is 11.5.